The predicted octanol–water partition coefficient (Wildman–Crippen LogP) is 5.69. The van der Waals surface area contributed by atoms with Crippen LogP contribution >= 0.6 is 11.8 Å². The fraction of sp³-hybridized carbons (Fsp3) is 0.174. The molecule has 1 heterocycles. The van der Waals surface area contributed by atoms with E-state index < -0.39 is 23.2 Å². The third kappa shape index (κ3) is 5.39. The van der Waals surface area contributed by atoms with E-state index in [9.17, 15) is 23.2 Å². The first-order valence-electron chi connectivity index (χ1n) is 9.38. The van der Waals surface area contributed by atoms with Gasteiger partial charge in [-0.2, -0.15) is 18.4 Å². The molecule has 1 amide bonds. The molecular formula is C23H18F3N3O2S. The summed E-state index contributed by atoms with van der Waals surface area (Å²) in [7, 11) is 1.48. The van der Waals surface area contributed by atoms with Gasteiger partial charge in [0.15, 0.2) is 0 Å². The Hall–Kier alpha value is -3.51. The fourth-order valence-corrected chi connectivity index (χ4v) is 3.70. The Labute approximate surface area is 187 Å². The number of rotatable bonds is 6. The maximum absolute atomic E-state index is 13.7. The minimum Gasteiger partial charge on any atom is -0.497 e. The summed E-state index contributed by atoms with van der Waals surface area (Å²) in [5.74, 6) is -0.0846. The lowest BCUT2D eigenvalue weighted by Crippen LogP contribution is -2.16. The van der Waals surface area contributed by atoms with Crippen molar-refractivity contribution in [3.8, 4) is 23.1 Å². The molecule has 2 aromatic carbocycles. The van der Waals surface area contributed by atoms with E-state index in [1.165, 1.54) is 7.11 Å². The van der Waals surface area contributed by atoms with Gasteiger partial charge in [-0.1, -0.05) is 30.0 Å². The van der Waals surface area contributed by atoms with Crippen LogP contribution in [0.3, 0.4) is 0 Å². The molecule has 0 fully saturated rings. The van der Waals surface area contributed by atoms with Crippen molar-refractivity contribution in [2.75, 3.05) is 18.2 Å². The van der Waals surface area contributed by atoms with Crippen LogP contribution in [-0.4, -0.2) is 23.8 Å². The standard InChI is InChI=1S/C23H18F3N3O2S/c1-14-5-3-4-6-19(14)28-21(30)13-32-22-17(12-27)18(23(24,25)26)11-20(29-22)15-7-9-16(31-2)10-8-15/h3-11H,13H2,1-2H3,(H,28,30). The molecule has 5 nitrogen and oxygen atoms in total. The molecule has 32 heavy (non-hydrogen) atoms. The summed E-state index contributed by atoms with van der Waals surface area (Å²) in [6, 6.07) is 15.9. The van der Waals surface area contributed by atoms with E-state index in [-0.39, 0.29) is 16.5 Å². The molecule has 1 N–H and O–H groups in total. The van der Waals surface area contributed by atoms with Gasteiger partial charge >= 0.3 is 6.18 Å². The number of hydrogen-bond donors (Lipinski definition) is 1. The van der Waals surface area contributed by atoms with E-state index in [0.29, 0.717) is 17.0 Å². The number of ether oxygens (including phenoxy) is 1. The van der Waals surface area contributed by atoms with Gasteiger partial charge in [0.05, 0.1) is 29.7 Å². The normalized spacial score (nSPS) is 11.0. The van der Waals surface area contributed by atoms with Gasteiger partial charge in [-0.25, -0.2) is 4.98 Å². The number of anilines is 1. The van der Waals surface area contributed by atoms with Gasteiger partial charge in [-0.05, 0) is 48.9 Å². The number of benzene rings is 2. The maximum Gasteiger partial charge on any atom is 0.417 e. The van der Waals surface area contributed by atoms with E-state index >= 15 is 0 Å². The molecule has 0 aliphatic heterocycles. The highest BCUT2D eigenvalue weighted by atomic mass is 32.2. The predicted molar refractivity (Wildman–Crippen MR) is 116 cm³/mol. The van der Waals surface area contributed by atoms with Crippen molar-refractivity contribution in [2.24, 2.45) is 0 Å². The number of para-hydroxylation sites is 1. The zero-order chi connectivity index (χ0) is 23.3. The van der Waals surface area contributed by atoms with E-state index in [2.05, 4.69) is 10.3 Å². The van der Waals surface area contributed by atoms with Crippen molar-refractivity contribution in [3.63, 3.8) is 0 Å². The van der Waals surface area contributed by atoms with Gasteiger partial charge in [-0.3, -0.25) is 4.79 Å². The highest BCUT2D eigenvalue weighted by Gasteiger charge is 2.36. The number of halogens is 3. The molecule has 9 heteroatoms. The summed E-state index contributed by atoms with van der Waals surface area (Å²) in [5, 5.41) is 12.0. The summed E-state index contributed by atoms with van der Waals surface area (Å²) in [6.45, 7) is 1.83. The van der Waals surface area contributed by atoms with Gasteiger partial charge in [0.25, 0.3) is 0 Å². The largest absolute Gasteiger partial charge is 0.497 e. The van der Waals surface area contributed by atoms with Crippen molar-refractivity contribution < 1.29 is 22.7 Å². The summed E-state index contributed by atoms with van der Waals surface area (Å²) >= 11 is 0.781. The second-order valence-corrected chi connectivity index (χ2v) is 7.69. The lowest BCUT2D eigenvalue weighted by molar-refractivity contribution is -0.138. The monoisotopic (exact) mass is 457 g/mol. The molecule has 0 unspecified atom stereocenters. The van der Waals surface area contributed by atoms with Crippen LogP contribution in [-0.2, 0) is 11.0 Å². The lowest BCUT2D eigenvalue weighted by Gasteiger charge is -2.14. The van der Waals surface area contributed by atoms with E-state index in [4.69, 9.17) is 4.74 Å². The molecular weight excluding hydrogens is 439 g/mol. The molecule has 0 atom stereocenters. The molecule has 0 bridgehead atoms. The maximum atomic E-state index is 13.7. The number of alkyl halides is 3. The quantitative estimate of drug-likeness (QED) is 0.482. The zero-order valence-electron chi connectivity index (χ0n) is 17.2. The Morgan fingerprint density at radius 1 is 1.19 bits per heavy atom. The Bertz CT molecular complexity index is 1170. The third-order valence-corrected chi connectivity index (χ3v) is 5.52. The molecule has 0 saturated carbocycles. The summed E-state index contributed by atoms with van der Waals surface area (Å²) in [5.41, 5.74) is 0.218. The number of aryl methyl sites for hydroxylation is 1. The topological polar surface area (TPSA) is 75.0 Å². The number of nitriles is 1. The van der Waals surface area contributed by atoms with Crippen LogP contribution in [0.25, 0.3) is 11.3 Å². The number of nitrogens with one attached hydrogen (secondary N) is 1. The van der Waals surface area contributed by atoms with E-state index in [0.717, 1.165) is 23.4 Å². The van der Waals surface area contributed by atoms with E-state index in [1.807, 2.05) is 19.1 Å². The SMILES string of the molecule is COc1ccc(-c2cc(C(F)(F)F)c(C#N)c(SCC(=O)Nc3ccccc3C)n2)cc1. The van der Waals surface area contributed by atoms with Gasteiger partial charge in [0.2, 0.25) is 5.91 Å². The van der Waals surface area contributed by atoms with Crippen molar-refractivity contribution in [1.29, 1.82) is 5.26 Å². The molecule has 1 aromatic heterocycles. The van der Waals surface area contributed by atoms with Crippen molar-refractivity contribution in [3.05, 3.63) is 71.3 Å². The van der Waals surface area contributed by atoms with Crippen molar-refractivity contribution in [1.82, 2.24) is 4.98 Å². The molecule has 164 valence electrons. The number of carbonyl (C=O) groups excluding carboxylic acids is 1. The smallest absolute Gasteiger partial charge is 0.417 e. The number of carbonyl (C=O) groups is 1. The van der Waals surface area contributed by atoms with Gasteiger partial charge in [0, 0.05) is 11.3 Å². The number of amides is 1. The first-order chi connectivity index (χ1) is 15.2. The Balaban J connectivity index is 1.93. The Kier molecular flexibility index (Phi) is 7.05. The Morgan fingerprint density at radius 2 is 1.88 bits per heavy atom. The number of nitrogens with zero attached hydrogens (tertiary/aromatic N) is 2. The molecule has 3 aromatic rings. The first kappa shape index (κ1) is 23.2. The highest BCUT2D eigenvalue weighted by molar-refractivity contribution is 8.00. The molecule has 0 radical (unpaired) electrons. The number of pyridine rings is 1. The van der Waals surface area contributed by atoms with E-state index in [1.54, 1.807) is 42.5 Å². The number of methoxy groups -OCH3 is 1. The first-order valence-corrected chi connectivity index (χ1v) is 10.4. The van der Waals surface area contributed by atoms with Crippen LogP contribution in [0.5, 0.6) is 5.75 Å². The van der Waals surface area contributed by atoms with Crippen LogP contribution in [0.2, 0.25) is 0 Å². The minimum atomic E-state index is -4.76. The second-order valence-electron chi connectivity index (χ2n) is 6.73. The Morgan fingerprint density at radius 3 is 2.47 bits per heavy atom. The highest BCUT2D eigenvalue weighted by Crippen LogP contribution is 2.38. The molecule has 0 aliphatic carbocycles. The summed E-state index contributed by atoms with van der Waals surface area (Å²) in [6.07, 6.45) is -4.76. The van der Waals surface area contributed by atoms with Gasteiger partial charge in [-0.15, -0.1) is 0 Å². The van der Waals surface area contributed by atoms with Crippen LogP contribution in [0.1, 0.15) is 16.7 Å². The second kappa shape index (κ2) is 9.75. The average molecular weight is 457 g/mol. The number of thioether (sulfide) groups is 1. The average Bonchev–Trinajstić information content (AvgIpc) is 2.78. The van der Waals surface area contributed by atoms with Crippen LogP contribution in [0.4, 0.5) is 18.9 Å². The van der Waals surface area contributed by atoms with Crippen LogP contribution in [0, 0.1) is 18.3 Å². The third-order valence-electron chi connectivity index (χ3n) is 4.55. The lowest BCUT2D eigenvalue weighted by atomic mass is 10.1. The van der Waals surface area contributed by atoms with Crippen LogP contribution in [0.15, 0.2) is 59.6 Å². The number of hydrogen-bond acceptors (Lipinski definition) is 5. The zero-order valence-corrected chi connectivity index (χ0v) is 18.0. The number of aromatic nitrogens is 1. The van der Waals surface area contributed by atoms with Crippen molar-refractivity contribution in [2.45, 2.75) is 18.1 Å². The molecule has 0 spiro atoms. The summed E-state index contributed by atoms with van der Waals surface area (Å²) in [4.78, 5) is 16.6. The van der Waals surface area contributed by atoms with Crippen molar-refractivity contribution >= 4 is 23.4 Å². The molecule has 0 aliphatic rings. The molecule has 0 saturated heterocycles. The summed E-state index contributed by atoms with van der Waals surface area (Å²) < 4.78 is 46.1. The fourth-order valence-electron chi connectivity index (χ4n) is 2.90. The minimum absolute atomic E-state index is 0.0424. The van der Waals surface area contributed by atoms with Gasteiger partial charge in [0.1, 0.15) is 16.8 Å². The van der Waals surface area contributed by atoms with Gasteiger partial charge < -0.3 is 10.1 Å². The van der Waals surface area contributed by atoms with Crippen LogP contribution < -0.4 is 10.1 Å². The molecule has 3 rings (SSSR count).